The van der Waals surface area contributed by atoms with E-state index < -0.39 is 83.1 Å². The number of hydrogen-bond acceptors (Lipinski definition) is 16. The van der Waals surface area contributed by atoms with E-state index in [2.05, 4.69) is 4.84 Å². The maximum absolute atomic E-state index is 12.7. The van der Waals surface area contributed by atoms with Crippen LogP contribution in [0.5, 0.6) is 0 Å². The van der Waals surface area contributed by atoms with Crippen LogP contribution in [0.2, 0.25) is 0 Å². The summed E-state index contributed by atoms with van der Waals surface area (Å²) in [7, 11) is 2.26. The number of carbonyl (C=O) groups excluding carboxylic acids is 8. The highest BCUT2D eigenvalue weighted by Crippen LogP contribution is 2.39. The number of amides is 4. The van der Waals surface area contributed by atoms with Crippen LogP contribution in [0, 0.1) is 17.0 Å². The maximum atomic E-state index is 12.7. The van der Waals surface area contributed by atoms with Crippen molar-refractivity contribution in [1.82, 2.24) is 10.1 Å². The first-order valence-electron chi connectivity index (χ1n) is 14.0. The summed E-state index contributed by atoms with van der Waals surface area (Å²) in [6, 6.07) is 8.62. The molecular formula is C29H25N3O14S2. The molecule has 252 valence electrons. The third-order valence-electron chi connectivity index (χ3n) is 6.52. The minimum absolute atomic E-state index is 0.0551. The molecule has 2 aliphatic rings. The lowest BCUT2D eigenvalue weighted by Crippen LogP contribution is -2.32. The van der Waals surface area contributed by atoms with Crippen LogP contribution in [0.25, 0.3) is 0 Å². The van der Waals surface area contributed by atoms with Gasteiger partial charge in [0, 0.05) is 41.5 Å². The number of aryl methyl sites for hydroxylation is 1. The van der Waals surface area contributed by atoms with Gasteiger partial charge in [-0.2, -0.15) is 0 Å². The molecule has 2 heterocycles. The van der Waals surface area contributed by atoms with E-state index in [0.717, 1.165) is 27.7 Å². The minimum atomic E-state index is -1.10. The van der Waals surface area contributed by atoms with Gasteiger partial charge in [0.05, 0.1) is 23.3 Å². The highest BCUT2D eigenvalue weighted by molar-refractivity contribution is 8.76. The molecule has 0 atom stereocenters. The summed E-state index contributed by atoms with van der Waals surface area (Å²) in [5.41, 5.74) is -0.195. The third kappa shape index (κ3) is 9.16. The Labute approximate surface area is 278 Å². The van der Waals surface area contributed by atoms with E-state index in [1.165, 1.54) is 18.2 Å². The Kier molecular flexibility index (Phi) is 11.9. The second-order valence-electron chi connectivity index (χ2n) is 9.94. The molecule has 0 spiro atoms. The molecule has 2 aromatic rings. The van der Waals surface area contributed by atoms with Gasteiger partial charge < -0.3 is 19.1 Å². The molecule has 19 heteroatoms. The van der Waals surface area contributed by atoms with Gasteiger partial charge in [0.25, 0.3) is 29.3 Å². The van der Waals surface area contributed by atoms with Crippen molar-refractivity contribution in [2.45, 2.75) is 55.2 Å². The number of benzene rings is 2. The van der Waals surface area contributed by atoms with Crippen molar-refractivity contribution in [2.24, 2.45) is 0 Å². The van der Waals surface area contributed by atoms with E-state index in [1.807, 2.05) is 0 Å². The summed E-state index contributed by atoms with van der Waals surface area (Å²) in [4.78, 5) is 117. The van der Waals surface area contributed by atoms with Gasteiger partial charge in [-0.05, 0) is 36.8 Å². The molecule has 2 aliphatic heterocycles. The summed E-state index contributed by atoms with van der Waals surface area (Å²) in [5.74, 6) is -6.41. The van der Waals surface area contributed by atoms with Crippen LogP contribution in [0.4, 0.5) is 5.69 Å². The zero-order chi connectivity index (χ0) is 35.0. The Morgan fingerprint density at radius 3 is 1.58 bits per heavy atom. The zero-order valence-electron chi connectivity index (χ0n) is 25.0. The molecule has 0 radical (unpaired) electrons. The summed E-state index contributed by atoms with van der Waals surface area (Å²) >= 11 is 0. The number of ether oxygens (including phenoxy) is 2. The van der Waals surface area contributed by atoms with E-state index in [4.69, 9.17) is 14.3 Å². The second-order valence-corrected chi connectivity index (χ2v) is 12.2. The van der Waals surface area contributed by atoms with Crippen molar-refractivity contribution >= 4 is 74.8 Å². The van der Waals surface area contributed by atoms with Crippen LogP contribution in [-0.4, -0.2) is 75.8 Å². The molecule has 4 rings (SSSR count). The van der Waals surface area contributed by atoms with Crippen LogP contribution in [0.3, 0.4) is 0 Å². The summed E-state index contributed by atoms with van der Waals surface area (Å²) in [6.07, 6.45) is -1.22. The molecule has 0 bridgehead atoms. The van der Waals surface area contributed by atoms with Gasteiger partial charge in [0.1, 0.15) is 18.8 Å². The van der Waals surface area contributed by atoms with Crippen molar-refractivity contribution in [1.29, 1.82) is 0 Å². The molecule has 0 aromatic heterocycles. The average molecular weight is 704 g/mol. The van der Waals surface area contributed by atoms with E-state index in [1.54, 1.807) is 19.1 Å². The molecule has 0 N–H and O–H groups in total. The molecule has 2 aromatic carbocycles. The fourth-order valence-electron chi connectivity index (χ4n) is 4.08. The second kappa shape index (κ2) is 16.0. The summed E-state index contributed by atoms with van der Waals surface area (Å²) < 4.78 is 10.2. The van der Waals surface area contributed by atoms with Gasteiger partial charge in [-0.3, -0.25) is 29.3 Å². The Morgan fingerprint density at radius 2 is 1.12 bits per heavy atom. The molecule has 48 heavy (non-hydrogen) atoms. The molecular weight excluding hydrogens is 678 g/mol. The smallest absolute Gasteiger partial charge is 0.345 e. The largest absolute Gasteiger partial charge is 0.461 e. The Balaban J connectivity index is 1.30. The molecule has 4 amide bonds. The van der Waals surface area contributed by atoms with Gasteiger partial charge >= 0.3 is 23.9 Å². The normalized spacial score (nSPS) is 14.3. The van der Waals surface area contributed by atoms with Gasteiger partial charge in [-0.1, -0.05) is 27.7 Å². The Bertz CT molecular complexity index is 1680. The quantitative estimate of drug-likeness (QED) is 0.0906. The number of nitrogens with zero attached hydrogens (tertiary/aromatic N) is 3. The number of carbonyl (C=O) groups is 8. The van der Waals surface area contributed by atoms with E-state index in [9.17, 15) is 48.5 Å². The van der Waals surface area contributed by atoms with Gasteiger partial charge in [-0.15, -0.1) is 10.1 Å². The Hall–Kier alpha value is -5.30. The average Bonchev–Trinajstić information content (AvgIpc) is 3.54. The first-order valence-corrected chi connectivity index (χ1v) is 16.2. The van der Waals surface area contributed by atoms with Gasteiger partial charge in [-0.25, -0.2) is 19.2 Å². The first kappa shape index (κ1) is 35.6. The van der Waals surface area contributed by atoms with Gasteiger partial charge in [0.2, 0.25) is 0 Å². The van der Waals surface area contributed by atoms with Crippen LogP contribution < -0.4 is 0 Å². The minimum Gasteiger partial charge on any atom is -0.461 e. The van der Waals surface area contributed by atoms with Crippen LogP contribution in [0.1, 0.15) is 64.8 Å². The number of esters is 2. The molecule has 0 saturated carbocycles. The van der Waals surface area contributed by atoms with E-state index >= 15 is 0 Å². The SMILES string of the molecule is Cc1ccc(SSc2ccc([N+](=O)[O-])c(C(=O)OCCC(=O)ON3C(=O)CCC3=O)c2)cc1C(=O)OCCC(=O)ON1C(=O)CCC1=O. The standard InChI is InChI=1S/C29H25N3O14S2/c1-16-2-3-17(14-19(16)28(39)43-12-10-26(37)45-30-22(33)6-7-23(30)34)47-48-18-4-5-21(32(41)42)20(15-18)29(40)44-13-11-27(38)46-31-24(35)8-9-25(31)36/h2-5,14-15H,6-13H2,1H3. The fourth-order valence-corrected chi connectivity index (χ4v) is 6.05. The van der Waals surface area contributed by atoms with Crippen molar-refractivity contribution in [2.75, 3.05) is 13.2 Å². The molecule has 2 fully saturated rings. The van der Waals surface area contributed by atoms with Crippen molar-refractivity contribution in [3.63, 3.8) is 0 Å². The molecule has 0 unspecified atom stereocenters. The lowest BCUT2D eigenvalue weighted by Gasteiger charge is -2.13. The van der Waals surface area contributed by atoms with E-state index in [-0.39, 0.29) is 37.9 Å². The van der Waals surface area contributed by atoms with E-state index in [0.29, 0.717) is 25.5 Å². The topological polar surface area (TPSA) is 223 Å². The van der Waals surface area contributed by atoms with Crippen molar-refractivity contribution in [3.05, 3.63) is 63.2 Å². The maximum Gasteiger partial charge on any atom is 0.345 e. The lowest BCUT2D eigenvalue weighted by molar-refractivity contribution is -0.385. The Morgan fingerprint density at radius 1 is 0.708 bits per heavy atom. The number of nitro benzene ring substituents is 1. The predicted octanol–water partition coefficient (Wildman–Crippen LogP) is 3.01. The molecule has 0 aliphatic carbocycles. The fraction of sp³-hybridized carbons (Fsp3) is 0.310. The number of nitro groups is 1. The predicted molar refractivity (Wildman–Crippen MR) is 160 cm³/mol. The highest BCUT2D eigenvalue weighted by atomic mass is 33.1. The van der Waals surface area contributed by atoms with Crippen LogP contribution in [-0.2, 0) is 47.9 Å². The summed E-state index contributed by atoms with van der Waals surface area (Å²) in [6.45, 7) is 0.745. The monoisotopic (exact) mass is 703 g/mol. The van der Waals surface area contributed by atoms with Gasteiger partial charge in [0.15, 0.2) is 0 Å². The lowest BCUT2D eigenvalue weighted by atomic mass is 10.1. The number of hydrogen-bond donors (Lipinski definition) is 0. The number of imide groups is 2. The zero-order valence-corrected chi connectivity index (χ0v) is 26.6. The third-order valence-corrected chi connectivity index (χ3v) is 8.90. The highest BCUT2D eigenvalue weighted by Gasteiger charge is 2.34. The first-order chi connectivity index (χ1) is 22.8. The summed E-state index contributed by atoms with van der Waals surface area (Å²) in [5, 5.41) is 12.3. The van der Waals surface area contributed by atoms with Crippen LogP contribution >= 0.6 is 21.6 Å². The number of hydroxylamine groups is 4. The molecule has 17 nitrogen and oxygen atoms in total. The van der Waals surface area contributed by atoms with Crippen molar-refractivity contribution in [3.8, 4) is 0 Å². The molecule has 2 saturated heterocycles. The number of rotatable bonds is 14. The van der Waals surface area contributed by atoms with Crippen molar-refractivity contribution < 1.29 is 62.4 Å². The van der Waals surface area contributed by atoms with Crippen LogP contribution in [0.15, 0.2) is 46.2 Å².